The number of ketones is 1. The van der Waals surface area contributed by atoms with Crippen molar-refractivity contribution in [2.75, 3.05) is 12.0 Å². The lowest BCUT2D eigenvalue weighted by Gasteiger charge is -2.21. The predicted molar refractivity (Wildman–Crippen MR) is 127 cm³/mol. The molecule has 1 atom stereocenters. The second-order valence-corrected chi connectivity index (χ2v) is 9.66. The van der Waals surface area contributed by atoms with Crippen LogP contribution in [0, 0.1) is 11.6 Å². The van der Waals surface area contributed by atoms with E-state index in [1.807, 2.05) is 0 Å². The number of thiazole rings is 1. The summed E-state index contributed by atoms with van der Waals surface area (Å²) in [5, 5.41) is 13.2. The second kappa shape index (κ2) is 8.46. The number of benzene rings is 2. The van der Waals surface area contributed by atoms with Crippen molar-refractivity contribution in [1.29, 1.82) is 0 Å². The van der Waals surface area contributed by atoms with Gasteiger partial charge in [-0.15, -0.1) is 11.3 Å². The van der Waals surface area contributed by atoms with Gasteiger partial charge in [-0.05, 0) is 35.7 Å². The maximum Gasteiger partial charge on any atom is 0.301 e. The number of Topliss-reactive ketones (excluding diaryl/α,β-unsaturated/α-hetero) is 1. The smallest absolute Gasteiger partial charge is 0.301 e. The van der Waals surface area contributed by atoms with E-state index in [1.54, 1.807) is 23.6 Å². The Hall–Kier alpha value is -3.34. The molecule has 2 aromatic heterocycles. The minimum Gasteiger partial charge on any atom is -0.507 e. The zero-order valence-corrected chi connectivity index (χ0v) is 19.6. The number of aromatic nitrogens is 1. The summed E-state index contributed by atoms with van der Waals surface area (Å²) in [7, 11) is 1.44. The molecule has 4 aromatic rings. The third-order valence-corrected chi connectivity index (χ3v) is 7.58. The quantitative estimate of drug-likeness (QED) is 0.206. The fraction of sp³-hybridized carbons (Fsp3) is 0.0870. The van der Waals surface area contributed by atoms with Crippen molar-refractivity contribution in [3.8, 4) is 5.75 Å². The summed E-state index contributed by atoms with van der Waals surface area (Å²) in [6.45, 7) is 0. The number of carbonyl (C=O) groups excluding carboxylic acids is 2. The van der Waals surface area contributed by atoms with Gasteiger partial charge in [-0.1, -0.05) is 29.0 Å². The van der Waals surface area contributed by atoms with E-state index in [9.17, 15) is 23.5 Å². The second-order valence-electron chi connectivity index (χ2n) is 7.26. The summed E-state index contributed by atoms with van der Waals surface area (Å²) >= 11 is 8.48. The van der Waals surface area contributed by atoms with Crippen LogP contribution < -0.4 is 9.64 Å². The third-order valence-electron chi connectivity index (χ3n) is 5.31. The summed E-state index contributed by atoms with van der Waals surface area (Å²) in [6, 6.07) is 8.90. The lowest BCUT2D eigenvalue weighted by Crippen LogP contribution is -2.28. The zero-order valence-electron chi connectivity index (χ0n) is 17.2. The monoisotopic (exact) mass is 518 g/mol. The molecule has 0 aliphatic carbocycles. The van der Waals surface area contributed by atoms with Gasteiger partial charge in [0.05, 0.1) is 27.9 Å². The number of hydrogen-bond donors (Lipinski definition) is 1. The molecule has 0 bridgehead atoms. The average molecular weight is 519 g/mol. The molecular weight excluding hydrogens is 506 g/mol. The molecule has 172 valence electrons. The molecule has 1 aliphatic heterocycles. The first kappa shape index (κ1) is 22.5. The van der Waals surface area contributed by atoms with E-state index in [1.165, 1.54) is 30.6 Å². The Labute approximate surface area is 204 Å². The maximum absolute atomic E-state index is 13.7. The normalized spacial score (nSPS) is 17.6. The molecule has 3 heterocycles. The number of amides is 1. The molecule has 0 saturated carbocycles. The van der Waals surface area contributed by atoms with Crippen LogP contribution in [-0.2, 0) is 9.59 Å². The highest BCUT2D eigenvalue weighted by atomic mass is 35.5. The molecule has 1 amide bonds. The van der Waals surface area contributed by atoms with Crippen LogP contribution in [0.4, 0.5) is 13.9 Å². The lowest BCUT2D eigenvalue weighted by atomic mass is 10.00. The fourth-order valence-corrected chi connectivity index (χ4v) is 5.75. The highest BCUT2D eigenvalue weighted by molar-refractivity contribution is 7.22. The van der Waals surface area contributed by atoms with Crippen molar-refractivity contribution in [1.82, 2.24) is 4.98 Å². The molecule has 34 heavy (non-hydrogen) atoms. The Balaban J connectivity index is 1.73. The number of aliphatic hydroxyl groups excluding tert-OH is 1. The number of aliphatic hydroxyl groups is 1. The van der Waals surface area contributed by atoms with E-state index < -0.39 is 35.1 Å². The first-order valence-electron chi connectivity index (χ1n) is 9.74. The van der Waals surface area contributed by atoms with Gasteiger partial charge in [-0.2, -0.15) is 0 Å². The molecule has 6 nitrogen and oxygen atoms in total. The first-order chi connectivity index (χ1) is 16.3. The summed E-state index contributed by atoms with van der Waals surface area (Å²) < 4.78 is 33.0. The molecule has 0 spiro atoms. The Bertz CT molecular complexity index is 1460. The summed E-state index contributed by atoms with van der Waals surface area (Å²) in [5.74, 6) is -4.07. The van der Waals surface area contributed by atoms with Crippen LogP contribution in [-0.4, -0.2) is 28.9 Å². The van der Waals surface area contributed by atoms with E-state index in [-0.39, 0.29) is 26.8 Å². The predicted octanol–water partition coefficient (Wildman–Crippen LogP) is 5.92. The zero-order chi connectivity index (χ0) is 24.1. The molecule has 5 rings (SSSR count). The van der Waals surface area contributed by atoms with Gasteiger partial charge < -0.3 is 9.84 Å². The van der Waals surface area contributed by atoms with Gasteiger partial charge >= 0.3 is 5.91 Å². The minimum atomic E-state index is -1.08. The van der Waals surface area contributed by atoms with Crippen LogP contribution in [0.15, 0.2) is 53.4 Å². The molecule has 1 fully saturated rings. The van der Waals surface area contributed by atoms with Crippen LogP contribution in [0.5, 0.6) is 5.75 Å². The van der Waals surface area contributed by atoms with Gasteiger partial charge in [0, 0.05) is 16.5 Å². The molecular formula is C23H13ClF2N2O4S2. The van der Waals surface area contributed by atoms with Gasteiger partial charge in [-0.25, -0.2) is 13.8 Å². The van der Waals surface area contributed by atoms with Crippen molar-refractivity contribution >= 4 is 67.1 Å². The standard InChI is InChI=1S/C23H13ClF2N2O4S2/c1-32-10-4-5-12(24)11(7-10)20(29)18-19(16-3-2-6-33-16)28(22(31)21(18)30)23-27-15-8-13(25)14(26)9-17(15)34-23/h2-9,19,29H,1H3/b20-18+. The Kier molecular flexibility index (Phi) is 5.59. The van der Waals surface area contributed by atoms with Gasteiger partial charge in [0.1, 0.15) is 17.6 Å². The molecule has 2 aromatic carbocycles. The van der Waals surface area contributed by atoms with E-state index in [2.05, 4.69) is 4.98 Å². The molecule has 11 heteroatoms. The first-order valence-corrected chi connectivity index (χ1v) is 11.8. The van der Waals surface area contributed by atoms with Crippen molar-refractivity contribution in [3.63, 3.8) is 0 Å². The number of fused-ring (bicyclic) bond motifs is 1. The van der Waals surface area contributed by atoms with Crippen LogP contribution in [0.1, 0.15) is 16.5 Å². The van der Waals surface area contributed by atoms with Gasteiger partial charge in [0.15, 0.2) is 16.8 Å². The Morgan fingerprint density at radius 3 is 2.65 bits per heavy atom. The number of methoxy groups -OCH3 is 1. The molecule has 1 N–H and O–H groups in total. The van der Waals surface area contributed by atoms with Crippen molar-refractivity contribution in [2.45, 2.75) is 6.04 Å². The third kappa shape index (κ3) is 3.54. The maximum atomic E-state index is 13.7. The van der Waals surface area contributed by atoms with Crippen molar-refractivity contribution in [3.05, 3.63) is 80.5 Å². The Morgan fingerprint density at radius 1 is 1.18 bits per heavy atom. The van der Waals surface area contributed by atoms with Crippen LogP contribution in [0.2, 0.25) is 5.02 Å². The largest absolute Gasteiger partial charge is 0.507 e. The Morgan fingerprint density at radius 2 is 1.94 bits per heavy atom. The van der Waals surface area contributed by atoms with Crippen LogP contribution >= 0.6 is 34.3 Å². The number of anilines is 1. The molecule has 1 saturated heterocycles. The molecule has 1 aliphatic rings. The summed E-state index contributed by atoms with van der Waals surface area (Å²) in [6.07, 6.45) is 0. The minimum absolute atomic E-state index is 0.0660. The average Bonchev–Trinajstić information content (AvgIpc) is 3.53. The number of rotatable bonds is 4. The van der Waals surface area contributed by atoms with Crippen molar-refractivity contribution < 1.29 is 28.2 Å². The number of carbonyl (C=O) groups is 2. The number of hydrogen-bond acceptors (Lipinski definition) is 7. The molecule has 1 unspecified atom stereocenters. The highest BCUT2D eigenvalue weighted by Gasteiger charge is 2.48. The topological polar surface area (TPSA) is 79.7 Å². The van der Waals surface area contributed by atoms with E-state index in [4.69, 9.17) is 16.3 Å². The van der Waals surface area contributed by atoms with E-state index in [0.717, 1.165) is 28.4 Å². The van der Waals surface area contributed by atoms with Gasteiger partial charge in [-0.3, -0.25) is 14.5 Å². The summed E-state index contributed by atoms with van der Waals surface area (Å²) in [5.41, 5.74) is 0.0785. The number of thiophene rings is 1. The van der Waals surface area contributed by atoms with Crippen LogP contribution in [0.25, 0.3) is 16.0 Å². The highest BCUT2D eigenvalue weighted by Crippen LogP contribution is 2.46. The van der Waals surface area contributed by atoms with Gasteiger partial charge in [0.25, 0.3) is 5.78 Å². The van der Waals surface area contributed by atoms with Gasteiger partial charge in [0.2, 0.25) is 0 Å². The molecule has 0 radical (unpaired) electrons. The summed E-state index contributed by atoms with van der Waals surface area (Å²) in [4.78, 5) is 32.3. The number of ether oxygens (including phenoxy) is 1. The lowest BCUT2D eigenvalue weighted by molar-refractivity contribution is -0.132. The SMILES string of the molecule is COc1ccc(Cl)c(/C(O)=C2\C(=O)C(=O)N(c3nc4cc(F)c(F)cc4s3)C2c2cccs2)c1. The fourth-order valence-electron chi connectivity index (χ4n) is 3.72. The van der Waals surface area contributed by atoms with E-state index >= 15 is 0 Å². The number of nitrogens with zero attached hydrogens (tertiary/aromatic N) is 2. The number of halogens is 3. The van der Waals surface area contributed by atoms with E-state index in [0.29, 0.717) is 15.3 Å². The van der Waals surface area contributed by atoms with Crippen molar-refractivity contribution in [2.24, 2.45) is 0 Å². The van der Waals surface area contributed by atoms with Crippen LogP contribution in [0.3, 0.4) is 0 Å².